The van der Waals surface area contributed by atoms with Crippen molar-refractivity contribution in [1.82, 2.24) is 0 Å². The van der Waals surface area contributed by atoms with E-state index in [1.165, 1.54) is 16.7 Å². The molecule has 0 N–H and O–H groups in total. The number of hydrogen-bond donors (Lipinski definition) is 0. The zero-order chi connectivity index (χ0) is 8.84. The van der Waals surface area contributed by atoms with Crippen molar-refractivity contribution in [1.29, 1.82) is 0 Å². The van der Waals surface area contributed by atoms with Crippen molar-refractivity contribution in [2.45, 2.75) is 19.8 Å². The normalized spacial score (nSPS) is 17.6. The van der Waals surface area contributed by atoms with Crippen LogP contribution < -0.4 is 9.47 Å². The molecule has 0 amide bonds. The third-order valence-electron chi connectivity index (χ3n) is 2.92. The van der Waals surface area contributed by atoms with E-state index in [1.54, 1.807) is 0 Å². The van der Waals surface area contributed by atoms with Crippen LogP contribution in [0.15, 0.2) is 6.07 Å². The first kappa shape index (κ1) is 7.25. The monoisotopic (exact) mass is 176 g/mol. The molecule has 2 heterocycles. The SMILES string of the molecule is Cc1c2c(cc3c1OCC3)OCC2. The lowest BCUT2D eigenvalue weighted by Gasteiger charge is -2.08. The maximum absolute atomic E-state index is 5.60. The molecule has 0 saturated carbocycles. The van der Waals surface area contributed by atoms with E-state index >= 15 is 0 Å². The van der Waals surface area contributed by atoms with Crippen LogP contribution in [0.5, 0.6) is 11.5 Å². The van der Waals surface area contributed by atoms with E-state index in [1.807, 2.05) is 0 Å². The molecule has 1 aromatic rings. The zero-order valence-electron chi connectivity index (χ0n) is 7.72. The second-order valence-electron chi connectivity index (χ2n) is 3.66. The van der Waals surface area contributed by atoms with E-state index in [0.717, 1.165) is 37.6 Å². The summed E-state index contributed by atoms with van der Waals surface area (Å²) in [5.74, 6) is 2.20. The average molecular weight is 176 g/mol. The second-order valence-corrected chi connectivity index (χ2v) is 3.66. The highest BCUT2D eigenvalue weighted by atomic mass is 16.5. The largest absolute Gasteiger partial charge is 0.493 e. The number of benzene rings is 1. The van der Waals surface area contributed by atoms with E-state index < -0.39 is 0 Å². The Labute approximate surface area is 77.5 Å². The second kappa shape index (κ2) is 2.41. The number of rotatable bonds is 0. The molecule has 0 atom stereocenters. The van der Waals surface area contributed by atoms with Crippen molar-refractivity contribution in [3.8, 4) is 11.5 Å². The van der Waals surface area contributed by atoms with Gasteiger partial charge in [-0.05, 0) is 18.6 Å². The predicted molar refractivity (Wildman–Crippen MR) is 49.6 cm³/mol. The van der Waals surface area contributed by atoms with Gasteiger partial charge in [0.25, 0.3) is 0 Å². The van der Waals surface area contributed by atoms with Crippen LogP contribution in [0.25, 0.3) is 0 Å². The fourth-order valence-corrected chi connectivity index (χ4v) is 2.23. The van der Waals surface area contributed by atoms with E-state index in [4.69, 9.17) is 9.47 Å². The molecule has 2 nitrogen and oxygen atoms in total. The van der Waals surface area contributed by atoms with Gasteiger partial charge in [0.1, 0.15) is 11.5 Å². The maximum Gasteiger partial charge on any atom is 0.126 e. The van der Waals surface area contributed by atoms with Gasteiger partial charge in [-0.15, -0.1) is 0 Å². The van der Waals surface area contributed by atoms with E-state index in [9.17, 15) is 0 Å². The van der Waals surface area contributed by atoms with Crippen LogP contribution in [0.1, 0.15) is 16.7 Å². The Hall–Kier alpha value is -1.18. The molecule has 0 spiro atoms. The Morgan fingerprint density at radius 1 is 1.15 bits per heavy atom. The molecule has 2 heteroatoms. The van der Waals surface area contributed by atoms with Crippen LogP contribution in [0.3, 0.4) is 0 Å². The van der Waals surface area contributed by atoms with Gasteiger partial charge in [-0.3, -0.25) is 0 Å². The van der Waals surface area contributed by atoms with Crippen LogP contribution in [0.4, 0.5) is 0 Å². The molecule has 0 saturated heterocycles. The van der Waals surface area contributed by atoms with Gasteiger partial charge in [-0.1, -0.05) is 0 Å². The average Bonchev–Trinajstić information content (AvgIpc) is 2.71. The Morgan fingerprint density at radius 2 is 2.00 bits per heavy atom. The van der Waals surface area contributed by atoms with Gasteiger partial charge >= 0.3 is 0 Å². The van der Waals surface area contributed by atoms with Gasteiger partial charge in [0.05, 0.1) is 13.2 Å². The van der Waals surface area contributed by atoms with Gasteiger partial charge in [0.2, 0.25) is 0 Å². The third kappa shape index (κ3) is 0.886. The van der Waals surface area contributed by atoms with Crippen molar-refractivity contribution in [2.75, 3.05) is 13.2 Å². The van der Waals surface area contributed by atoms with Crippen molar-refractivity contribution in [2.24, 2.45) is 0 Å². The molecule has 0 fully saturated rings. The molecule has 0 radical (unpaired) electrons. The van der Waals surface area contributed by atoms with Crippen molar-refractivity contribution in [3.63, 3.8) is 0 Å². The Morgan fingerprint density at radius 3 is 2.92 bits per heavy atom. The van der Waals surface area contributed by atoms with Gasteiger partial charge < -0.3 is 9.47 Å². The first-order chi connectivity index (χ1) is 6.36. The molecule has 0 aliphatic carbocycles. The number of fused-ring (bicyclic) bond motifs is 2. The van der Waals surface area contributed by atoms with Gasteiger partial charge in [-0.25, -0.2) is 0 Å². The summed E-state index contributed by atoms with van der Waals surface area (Å²) >= 11 is 0. The van der Waals surface area contributed by atoms with Crippen molar-refractivity contribution < 1.29 is 9.47 Å². The molecule has 2 aliphatic rings. The fourth-order valence-electron chi connectivity index (χ4n) is 2.23. The molecular weight excluding hydrogens is 164 g/mol. The smallest absolute Gasteiger partial charge is 0.126 e. The molecule has 0 unspecified atom stereocenters. The highest BCUT2D eigenvalue weighted by Crippen LogP contribution is 2.39. The topological polar surface area (TPSA) is 18.5 Å². The third-order valence-corrected chi connectivity index (χ3v) is 2.92. The highest BCUT2D eigenvalue weighted by Gasteiger charge is 2.23. The van der Waals surface area contributed by atoms with Crippen LogP contribution in [-0.2, 0) is 12.8 Å². The lowest BCUT2D eigenvalue weighted by Crippen LogP contribution is -1.91. The lowest BCUT2D eigenvalue weighted by atomic mass is 10.0. The Kier molecular flexibility index (Phi) is 1.34. The minimum atomic E-state index is 0.832. The Balaban J connectivity index is 2.26. The first-order valence-electron chi connectivity index (χ1n) is 4.77. The quantitative estimate of drug-likeness (QED) is 0.600. The fraction of sp³-hybridized carbons (Fsp3) is 0.455. The molecule has 68 valence electrons. The summed E-state index contributed by atoms with van der Waals surface area (Å²) < 4.78 is 11.1. The molecule has 0 bridgehead atoms. The van der Waals surface area contributed by atoms with E-state index in [2.05, 4.69) is 13.0 Å². The van der Waals surface area contributed by atoms with Gasteiger partial charge in [0.15, 0.2) is 0 Å². The zero-order valence-corrected chi connectivity index (χ0v) is 7.72. The minimum Gasteiger partial charge on any atom is -0.493 e. The van der Waals surface area contributed by atoms with Crippen molar-refractivity contribution >= 4 is 0 Å². The van der Waals surface area contributed by atoms with Crippen LogP contribution in [0.2, 0.25) is 0 Å². The summed E-state index contributed by atoms with van der Waals surface area (Å²) in [7, 11) is 0. The van der Waals surface area contributed by atoms with Gasteiger partial charge in [-0.2, -0.15) is 0 Å². The van der Waals surface area contributed by atoms with Crippen LogP contribution in [-0.4, -0.2) is 13.2 Å². The molecular formula is C11H12O2. The molecule has 13 heavy (non-hydrogen) atoms. The summed E-state index contributed by atoms with van der Waals surface area (Å²) in [5.41, 5.74) is 3.96. The van der Waals surface area contributed by atoms with Crippen LogP contribution in [0, 0.1) is 6.92 Å². The predicted octanol–water partition coefficient (Wildman–Crippen LogP) is 1.86. The first-order valence-corrected chi connectivity index (χ1v) is 4.77. The van der Waals surface area contributed by atoms with E-state index in [0.29, 0.717) is 0 Å². The summed E-state index contributed by atoms with van der Waals surface area (Å²) in [5, 5.41) is 0. The van der Waals surface area contributed by atoms with Crippen LogP contribution >= 0.6 is 0 Å². The molecule has 3 rings (SSSR count). The summed E-state index contributed by atoms with van der Waals surface area (Å²) in [6.07, 6.45) is 2.07. The van der Waals surface area contributed by atoms with Gasteiger partial charge in [0, 0.05) is 24.0 Å². The lowest BCUT2D eigenvalue weighted by molar-refractivity contribution is 0.354. The number of hydrogen-bond acceptors (Lipinski definition) is 2. The molecule has 2 aliphatic heterocycles. The standard InChI is InChI=1S/C11H12O2/c1-7-9-3-5-12-10(9)6-8-2-4-13-11(7)8/h6H,2-5H2,1H3. The number of ether oxygens (including phenoxy) is 2. The molecule has 0 aromatic heterocycles. The minimum absolute atomic E-state index is 0.832. The Bertz CT molecular complexity index is 337. The summed E-state index contributed by atoms with van der Waals surface area (Å²) in [6.45, 7) is 3.80. The molecule has 1 aromatic carbocycles. The summed E-state index contributed by atoms with van der Waals surface area (Å²) in [4.78, 5) is 0. The van der Waals surface area contributed by atoms with Crippen molar-refractivity contribution in [3.05, 3.63) is 22.8 Å². The van der Waals surface area contributed by atoms with E-state index in [-0.39, 0.29) is 0 Å². The highest BCUT2D eigenvalue weighted by molar-refractivity contribution is 5.55. The summed E-state index contributed by atoms with van der Waals surface area (Å²) in [6, 6.07) is 2.15. The maximum atomic E-state index is 5.60.